The van der Waals surface area contributed by atoms with Crippen molar-refractivity contribution in [1.29, 1.82) is 0 Å². The molecule has 0 N–H and O–H groups in total. The molecule has 0 radical (unpaired) electrons. The fraction of sp³-hybridized carbons (Fsp3) is 0.917. The number of unbranched alkanes of at least 4 members (excludes halogenated alkanes) is 1. The van der Waals surface area contributed by atoms with Crippen molar-refractivity contribution in [2.24, 2.45) is 11.8 Å². The molecule has 0 saturated heterocycles. The van der Waals surface area contributed by atoms with Crippen LogP contribution in [0.3, 0.4) is 0 Å². The van der Waals surface area contributed by atoms with E-state index < -0.39 is 0 Å². The fourth-order valence-electron chi connectivity index (χ4n) is 1.57. The maximum atomic E-state index is 10.1. The van der Waals surface area contributed by atoms with Crippen LogP contribution in [0.5, 0.6) is 0 Å². The van der Waals surface area contributed by atoms with E-state index in [9.17, 15) is 4.79 Å². The first kappa shape index (κ1) is 12.7. The van der Waals surface area contributed by atoms with Gasteiger partial charge in [-0.25, -0.2) is 0 Å². The van der Waals surface area contributed by atoms with Gasteiger partial charge in [-0.3, -0.25) is 0 Å². The third-order valence-electron chi connectivity index (χ3n) is 2.50. The molecule has 78 valence electrons. The molecule has 0 heterocycles. The Bertz CT molecular complexity index is 118. The second-order valence-corrected chi connectivity index (χ2v) is 4.53. The molecule has 0 aliphatic rings. The number of hydrogen-bond donors (Lipinski definition) is 0. The molecule has 0 aromatic rings. The summed E-state index contributed by atoms with van der Waals surface area (Å²) in [5, 5.41) is 0. The zero-order valence-corrected chi connectivity index (χ0v) is 9.38. The number of carbonyl (C=O) groups is 1. The average Bonchev–Trinajstić information content (AvgIpc) is 2.04. The molecule has 0 bridgehead atoms. The molecule has 0 rings (SSSR count). The predicted molar refractivity (Wildman–Crippen MR) is 57.8 cm³/mol. The Morgan fingerprint density at radius 1 is 1.00 bits per heavy atom. The van der Waals surface area contributed by atoms with Crippen LogP contribution < -0.4 is 0 Å². The van der Waals surface area contributed by atoms with Crippen molar-refractivity contribution < 1.29 is 4.79 Å². The van der Waals surface area contributed by atoms with E-state index in [1.807, 2.05) is 0 Å². The summed E-state index contributed by atoms with van der Waals surface area (Å²) in [6, 6.07) is 0. The van der Waals surface area contributed by atoms with Crippen LogP contribution in [0.1, 0.15) is 59.3 Å². The Morgan fingerprint density at radius 2 is 1.62 bits per heavy atom. The molecule has 0 aromatic carbocycles. The lowest BCUT2D eigenvalue weighted by Crippen LogP contribution is -1.96. The Kier molecular flexibility index (Phi) is 8.07. The predicted octanol–water partition coefficient (Wildman–Crippen LogP) is 3.82. The first-order chi connectivity index (χ1) is 6.16. The minimum Gasteiger partial charge on any atom is -0.303 e. The summed E-state index contributed by atoms with van der Waals surface area (Å²) in [5.74, 6) is 1.64. The van der Waals surface area contributed by atoms with Gasteiger partial charge in [0.15, 0.2) is 0 Å². The van der Waals surface area contributed by atoms with E-state index in [0.29, 0.717) is 0 Å². The van der Waals surface area contributed by atoms with E-state index in [1.54, 1.807) is 0 Å². The van der Waals surface area contributed by atoms with Gasteiger partial charge in [0.05, 0.1) is 0 Å². The van der Waals surface area contributed by atoms with Crippen LogP contribution >= 0.6 is 0 Å². The van der Waals surface area contributed by atoms with E-state index in [0.717, 1.165) is 31.0 Å². The van der Waals surface area contributed by atoms with Crippen molar-refractivity contribution in [3.63, 3.8) is 0 Å². The van der Waals surface area contributed by atoms with Crippen LogP contribution in [0.25, 0.3) is 0 Å². The molecule has 1 heteroatoms. The highest BCUT2D eigenvalue weighted by Crippen LogP contribution is 2.16. The number of hydrogen-bond acceptors (Lipinski definition) is 1. The van der Waals surface area contributed by atoms with Gasteiger partial charge in [0, 0.05) is 6.42 Å². The Labute approximate surface area is 82.9 Å². The largest absolute Gasteiger partial charge is 0.303 e. The Hall–Kier alpha value is -0.330. The second kappa shape index (κ2) is 8.28. The SMILES string of the molecule is CC(C)CCC[C@H](C)CCCC=O. The standard InChI is InChI=1S/C12H24O/c1-11(2)7-6-9-12(3)8-4-5-10-13/h10-12H,4-9H2,1-3H3/t12-/m1/s1. The normalized spacial score (nSPS) is 13.2. The van der Waals surface area contributed by atoms with E-state index in [2.05, 4.69) is 20.8 Å². The Balaban J connectivity index is 3.19. The summed E-state index contributed by atoms with van der Waals surface area (Å²) in [6.45, 7) is 6.85. The summed E-state index contributed by atoms with van der Waals surface area (Å²) in [5.41, 5.74) is 0. The Morgan fingerprint density at radius 3 is 2.15 bits per heavy atom. The van der Waals surface area contributed by atoms with E-state index in [4.69, 9.17) is 0 Å². The molecule has 13 heavy (non-hydrogen) atoms. The summed E-state index contributed by atoms with van der Waals surface area (Å²) >= 11 is 0. The second-order valence-electron chi connectivity index (χ2n) is 4.53. The van der Waals surface area contributed by atoms with Gasteiger partial charge in [-0.15, -0.1) is 0 Å². The molecular weight excluding hydrogens is 160 g/mol. The molecule has 0 saturated carbocycles. The lowest BCUT2D eigenvalue weighted by molar-refractivity contribution is -0.107. The first-order valence-electron chi connectivity index (χ1n) is 5.60. The van der Waals surface area contributed by atoms with Crippen LogP contribution in [-0.4, -0.2) is 6.29 Å². The van der Waals surface area contributed by atoms with Crippen LogP contribution in [-0.2, 0) is 4.79 Å². The van der Waals surface area contributed by atoms with Crippen molar-refractivity contribution >= 4 is 6.29 Å². The van der Waals surface area contributed by atoms with Crippen molar-refractivity contribution in [1.82, 2.24) is 0 Å². The highest BCUT2D eigenvalue weighted by molar-refractivity contribution is 5.48. The molecule has 0 fully saturated rings. The van der Waals surface area contributed by atoms with Gasteiger partial charge in [0.1, 0.15) is 6.29 Å². The van der Waals surface area contributed by atoms with Crippen LogP contribution in [0.15, 0.2) is 0 Å². The quantitative estimate of drug-likeness (QED) is 0.414. The molecule has 0 spiro atoms. The van der Waals surface area contributed by atoms with Crippen molar-refractivity contribution in [2.75, 3.05) is 0 Å². The maximum Gasteiger partial charge on any atom is 0.119 e. The van der Waals surface area contributed by atoms with E-state index >= 15 is 0 Å². The minimum absolute atomic E-state index is 0.745. The third-order valence-corrected chi connectivity index (χ3v) is 2.50. The minimum atomic E-state index is 0.745. The summed E-state index contributed by atoms with van der Waals surface area (Å²) < 4.78 is 0. The van der Waals surface area contributed by atoms with Crippen molar-refractivity contribution in [2.45, 2.75) is 59.3 Å². The van der Waals surface area contributed by atoms with Gasteiger partial charge >= 0.3 is 0 Å². The topological polar surface area (TPSA) is 17.1 Å². The zero-order valence-electron chi connectivity index (χ0n) is 9.38. The van der Waals surface area contributed by atoms with Gasteiger partial charge in [-0.1, -0.05) is 46.5 Å². The molecule has 0 aliphatic heterocycles. The fourth-order valence-corrected chi connectivity index (χ4v) is 1.57. The van der Waals surface area contributed by atoms with Gasteiger partial charge < -0.3 is 4.79 Å². The molecule has 0 aliphatic carbocycles. The van der Waals surface area contributed by atoms with Crippen molar-refractivity contribution in [3.8, 4) is 0 Å². The lowest BCUT2D eigenvalue weighted by Gasteiger charge is -2.10. The lowest BCUT2D eigenvalue weighted by atomic mass is 9.96. The van der Waals surface area contributed by atoms with Crippen LogP contribution in [0.2, 0.25) is 0 Å². The molecular formula is C12H24O. The maximum absolute atomic E-state index is 10.1. The zero-order chi connectivity index (χ0) is 10.1. The molecule has 0 unspecified atom stereocenters. The smallest absolute Gasteiger partial charge is 0.119 e. The molecule has 0 amide bonds. The molecule has 0 aromatic heterocycles. The number of aldehydes is 1. The van der Waals surface area contributed by atoms with Gasteiger partial charge in [0.25, 0.3) is 0 Å². The van der Waals surface area contributed by atoms with Gasteiger partial charge in [-0.2, -0.15) is 0 Å². The highest BCUT2D eigenvalue weighted by Gasteiger charge is 2.02. The molecule has 1 nitrogen and oxygen atoms in total. The van der Waals surface area contributed by atoms with E-state index in [1.165, 1.54) is 25.7 Å². The first-order valence-corrected chi connectivity index (χ1v) is 5.60. The summed E-state index contributed by atoms with van der Waals surface area (Å²) in [4.78, 5) is 10.1. The van der Waals surface area contributed by atoms with Crippen LogP contribution in [0.4, 0.5) is 0 Å². The number of rotatable bonds is 8. The third kappa shape index (κ3) is 9.59. The van der Waals surface area contributed by atoms with Gasteiger partial charge in [-0.05, 0) is 18.3 Å². The van der Waals surface area contributed by atoms with Gasteiger partial charge in [0.2, 0.25) is 0 Å². The average molecular weight is 184 g/mol. The van der Waals surface area contributed by atoms with Crippen molar-refractivity contribution in [3.05, 3.63) is 0 Å². The number of carbonyl (C=O) groups excluding carboxylic acids is 1. The van der Waals surface area contributed by atoms with Crippen LogP contribution in [0, 0.1) is 11.8 Å². The molecule has 1 atom stereocenters. The monoisotopic (exact) mass is 184 g/mol. The summed E-state index contributed by atoms with van der Waals surface area (Å²) in [7, 11) is 0. The highest BCUT2D eigenvalue weighted by atomic mass is 16.1. The summed E-state index contributed by atoms with van der Waals surface area (Å²) in [6.07, 6.45) is 8.09. The van der Waals surface area contributed by atoms with E-state index in [-0.39, 0.29) is 0 Å².